The molecule has 1 aliphatic heterocycles. The highest BCUT2D eigenvalue weighted by Gasteiger charge is 2.30. The molecule has 1 aliphatic rings. The van der Waals surface area contributed by atoms with E-state index in [9.17, 15) is 14.7 Å². The summed E-state index contributed by atoms with van der Waals surface area (Å²) < 4.78 is 11.9. The Labute approximate surface area is 170 Å². The lowest BCUT2D eigenvalue weighted by Crippen LogP contribution is -2.40. The van der Waals surface area contributed by atoms with Crippen LogP contribution < -0.4 is 0 Å². The number of aromatic nitrogens is 2. The third kappa shape index (κ3) is 4.59. The SMILES string of the molecule is CCOC(=O)c1ccc2c(c1)nc(CN1CCC([C@@H](O)C(=O)OC)CC1)n2CC. The molecule has 1 aromatic heterocycles. The molecule has 1 atom stereocenters. The van der Waals surface area contributed by atoms with Crippen molar-refractivity contribution in [2.24, 2.45) is 5.92 Å². The van der Waals surface area contributed by atoms with Crippen molar-refractivity contribution in [3.8, 4) is 0 Å². The van der Waals surface area contributed by atoms with E-state index < -0.39 is 12.1 Å². The molecular formula is C21H29N3O5. The molecule has 8 nitrogen and oxygen atoms in total. The van der Waals surface area contributed by atoms with Crippen LogP contribution in [0, 0.1) is 5.92 Å². The smallest absolute Gasteiger partial charge is 0.338 e. The maximum Gasteiger partial charge on any atom is 0.338 e. The Morgan fingerprint density at radius 1 is 1.28 bits per heavy atom. The maximum atomic E-state index is 12.0. The van der Waals surface area contributed by atoms with Crippen LogP contribution in [0.3, 0.4) is 0 Å². The quantitative estimate of drug-likeness (QED) is 0.707. The lowest BCUT2D eigenvalue weighted by Gasteiger charge is -2.33. The Hall–Kier alpha value is -2.45. The summed E-state index contributed by atoms with van der Waals surface area (Å²) in [6.45, 7) is 7.21. The molecule has 158 valence electrons. The molecule has 1 N–H and O–H groups in total. The minimum atomic E-state index is -1.05. The van der Waals surface area contributed by atoms with Crippen LogP contribution in [0.25, 0.3) is 11.0 Å². The highest BCUT2D eigenvalue weighted by atomic mass is 16.5. The number of aryl methyl sites for hydroxylation is 1. The van der Waals surface area contributed by atoms with Gasteiger partial charge in [-0.2, -0.15) is 0 Å². The van der Waals surface area contributed by atoms with E-state index in [1.165, 1.54) is 7.11 Å². The zero-order valence-corrected chi connectivity index (χ0v) is 17.3. The van der Waals surface area contributed by atoms with Crippen LogP contribution in [0.2, 0.25) is 0 Å². The molecule has 8 heteroatoms. The van der Waals surface area contributed by atoms with Crippen LogP contribution >= 0.6 is 0 Å². The highest BCUT2D eigenvalue weighted by Crippen LogP contribution is 2.24. The lowest BCUT2D eigenvalue weighted by molar-refractivity contribution is -0.154. The largest absolute Gasteiger partial charge is 0.467 e. The summed E-state index contributed by atoms with van der Waals surface area (Å²) in [6, 6.07) is 5.47. The van der Waals surface area contributed by atoms with Crippen molar-refractivity contribution in [3.63, 3.8) is 0 Å². The Morgan fingerprint density at radius 3 is 2.62 bits per heavy atom. The highest BCUT2D eigenvalue weighted by molar-refractivity contribution is 5.93. The van der Waals surface area contributed by atoms with E-state index in [4.69, 9.17) is 9.72 Å². The first-order valence-electron chi connectivity index (χ1n) is 10.1. The van der Waals surface area contributed by atoms with Crippen molar-refractivity contribution in [3.05, 3.63) is 29.6 Å². The van der Waals surface area contributed by atoms with Crippen molar-refractivity contribution in [1.29, 1.82) is 0 Å². The Balaban J connectivity index is 1.72. The molecule has 2 heterocycles. The fourth-order valence-electron chi connectivity index (χ4n) is 3.93. The van der Waals surface area contributed by atoms with Gasteiger partial charge in [0.1, 0.15) is 5.82 Å². The van der Waals surface area contributed by atoms with E-state index in [1.54, 1.807) is 19.1 Å². The second-order valence-corrected chi connectivity index (χ2v) is 7.28. The number of hydrogen-bond donors (Lipinski definition) is 1. The van der Waals surface area contributed by atoms with Gasteiger partial charge in [-0.1, -0.05) is 0 Å². The summed E-state index contributed by atoms with van der Waals surface area (Å²) >= 11 is 0. The van der Waals surface area contributed by atoms with E-state index in [-0.39, 0.29) is 11.9 Å². The fourth-order valence-corrected chi connectivity index (χ4v) is 3.93. The summed E-state index contributed by atoms with van der Waals surface area (Å²) in [5, 5.41) is 10.1. The van der Waals surface area contributed by atoms with Crippen molar-refractivity contribution < 1.29 is 24.2 Å². The number of carbonyl (C=O) groups is 2. The Morgan fingerprint density at radius 2 is 2.00 bits per heavy atom. The lowest BCUT2D eigenvalue weighted by atomic mass is 9.91. The van der Waals surface area contributed by atoms with Crippen LogP contribution in [0.5, 0.6) is 0 Å². The summed E-state index contributed by atoms with van der Waals surface area (Å²) in [4.78, 5) is 30.6. The molecule has 2 aromatic rings. The molecule has 3 rings (SSSR count). The number of likely N-dealkylation sites (tertiary alicyclic amines) is 1. The Kier molecular flexibility index (Phi) is 6.87. The van der Waals surface area contributed by atoms with Gasteiger partial charge in [0.25, 0.3) is 0 Å². The number of hydrogen-bond acceptors (Lipinski definition) is 7. The van der Waals surface area contributed by atoms with Crippen LogP contribution in [0.15, 0.2) is 18.2 Å². The number of piperidine rings is 1. The van der Waals surface area contributed by atoms with Gasteiger partial charge in [-0.25, -0.2) is 14.6 Å². The molecule has 1 fully saturated rings. The van der Waals surface area contributed by atoms with E-state index in [1.807, 2.05) is 6.07 Å². The number of imidazole rings is 1. The molecule has 0 radical (unpaired) electrons. The molecule has 0 saturated carbocycles. The van der Waals surface area contributed by atoms with Crippen LogP contribution in [0.4, 0.5) is 0 Å². The zero-order chi connectivity index (χ0) is 21.0. The van der Waals surface area contributed by atoms with Crippen molar-refractivity contribution in [2.75, 3.05) is 26.8 Å². The predicted octanol–water partition coefficient (Wildman–Crippen LogP) is 1.98. The first-order chi connectivity index (χ1) is 14.0. The van der Waals surface area contributed by atoms with Gasteiger partial charge in [-0.3, -0.25) is 4.90 Å². The normalized spacial score (nSPS) is 16.7. The molecule has 1 aromatic carbocycles. The van der Waals surface area contributed by atoms with Gasteiger partial charge in [0.05, 0.1) is 36.9 Å². The summed E-state index contributed by atoms with van der Waals surface area (Å²) in [6.07, 6.45) is 0.411. The standard InChI is InChI=1S/C21H29N3O5/c1-4-24-17-7-6-15(20(26)29-5-2)12-16(17)22-18(24)13-23-10-8-14(9-11-23)19(25)21(27)28-3/h6-7,12,14,19,25H,4-5,8-11,13H2,1-3H3/t19-/m1/s1. The molecule has 0 unspecified atom stereocenters. The first kappa shape index (κ1) is 21.3. The number of benzene rings is 1. The fraction of sp³-hybridized carbons (Fsp3) is 0.571. The second-order valence-electron chi connectivity index (χ2n) is 7.28. The van der Waals surface area contributed by atoms with Gasteiger partial charge in [0.15, 0.2) is 6.10 Å². The van der Waals surface area contributed by atoms with E-state index in [0.717, 1.165) is 49.3 Å². The number of esters is 2. The monoisotopic (exact) mass is 403 g/mol. The second kappa shape index (κ2) is 9.37. The minimum absolute atomic E-state index is 0.0733. The van der Waals surface area contributed by atoms with Crippen molar-refractivity contribution in [1.82, 2.24) is 14.5 Å². The van der Waals surface area contributed by atoms with E-state index in [2.05, 4.69) is 21.1 Å². The average Bonchev–Trinajstić information content (AvgIpc) is 3.09. The third-order valence-corrected chi connectivity index (χ3v) is 5.54. The van der Waals surface area contributed by atoms with E-state index >= 15 is 0 Å². The summed E-state index contributed by atoms with van der Waals surface area (Å²) in [5.41, 5.74) is 2.28. The van der Waals surface area contributed by atoms with E-state index in [0.29, 0.717) is 18.7 Å². The molecule has 1 saturated heterocycles. The van der Waals surface area contributed by atoms with Gasteiger partial charge in [0, 0.05) is 6.54 Å². The number of carbonyl (C=O) groups excluding carboxylic acids is 2. The van der Waals surface area contributed by atoms with Crippen LogP contribution in [0.1, 0.15) is 42.9 Å². The molecule has 0 spiro atoms. The van der Waals surface area contributed by atoms with Gasteiger partial charge >= 0.3 is 11.9 Å². The molecule has 0 bridgehead atoms. The number of rotatable bonds is 7. The molecule has 0 amide bonds. The maximum absolute atomic E-state index is 12.0. The summed E-state index contributed by atoms with van der Waals surface area (Å²) in [5.74, 6) is -0.0341. The number of aliphatic hydroxyl groups excluding tert-OH is 1. The predicted molar refractivity (Wildman–Crippen MR) is 107 cm³/mol. The number of fused-ring (bicyclic) bond motifs is 1. The number of methoxy groups -OCH3 is 1. The molecular weight excluding hydrogens is 374 g/mol. The average molecular weight is 403 g/mol. The third-order valence-electron chi connectivity index (χ3n) is 5.54. The van der Waals surface area contributed by atoms with Crippen LogP contribution in [-0.4, -0.2) is 64.4 Å². The van der Waals surface area contributed by atoms with Gasteiger partial charge < -0.3 is 19.1 Å². The van der Waals surface area contributed by atoms with Crippen molar-refractivity contribution in [2.45, 2.75) is 45.9 Å². The summed E-state index contributed by atoms with van der Waals surface area (Å²) in [7, 11) is 1.29. The first-order valence-corrected chi connectivity index (χ1v) is 10.1. The molecule has 29 heavy (non-hydrogen) atoms. The van der Waals surface area contributed by atoms with Gasteiger partial charge in [0.2, 0.25) is 0 Å². The molecule has 0 aliphatic carbocycles. The zero-order valence-electron chi connectivity index (χ0n) is 17.3. The number of aliphatic hydroxyl groups is 1. The van der Waals surface area contributed by atoms with Crippen LogP contribution in [-0.2, 0) is 27.4 Å². The number of nitrogens with zero attached hydrogens (tertiary/aromatic N) is 3. The topological polar surface area (TPSA) is 93.9 Å². The van der Waals surface area contributed by atoms with Gasteiger partial charge in [-0.05, 0) is 63.9 Å². The number of ether oxygens (including phenoxy) is 2. The Bertz CT molecular complexity index is 871. The van der Waals surface area contributed by atoms with Gasteiger partial charge in [-0.15, -0.1) is 0 Å². The minimum Gasteiger partial charge on any atom is -0.467 e. The van der Waals surface area contributed by atoms with Crippen molar-refractivity contribution >= 4 is 23.0 Å².